The van der Waals surface area contributed by atoms with Crippen LogP contribution in [0.3, 0.4) is 0 Å². The number of hydrogen-bond donors (Lipinski definition) is 1. The Bertz CT molecular complexity index is 312. The summed E-state index contributed by atoms with van der Waals surface area (Å²) in [4.78, 5) is 3.22. The van der Waals surface area contributed by atoms with Gasteiger partial charge in [-0.05, 0) is 31.3 Å². The maximum Gasteiger partial charge on any atom is 0.168 e. The predicted octanol–water partition coefficient (Wildman–Crippen LogP) is 2.73. The Morgan fingerprint density at radius 2 is 2.36 bits per heavy atom. The van der Waals surface area contributed by atoms with E-state index in [1.54, 1.807) is 11.3 Å². The second-order valence-corrected chi connectivity index (χ2v) is 5.08. The highest BCUT2D eigenvalue weighted by Crippen LogP contribution is 2.22. The van der Waals surface area contributed by atoms with Gasteiger partial charge in [0.25, 0.3) is 0 Å². The van der Waals surface area contributed by atoms with E-state index < -0.39 is 0 Å². The highest BCUT2D eigenvalue weighted by atomic mass is 35.5. The monoisotopic (exact) mass is 248 g/mol. The van der Waals surface area contributed by atoms with E-state index in [1.807, 2.05) is 31.0 Å². The zero-order chi connectivity index (χ0) is 10.6. The van der Waals surface area contributed by atoms with Crippen molar-refractivity contribution in [2.24, 2.45) is 0 Å². The second kappa shape index (κ2) is 5.53. The summed E-state index contributed by atoms with van der Waals surface area (Å²) in [6.07, 6.45) is 0. The van der Waals surface area contributed by atoms with Crippen LogP contribution in [0.4, 0.5) is 0 Å². The number of nitrogens with zero attached hydrogens (tertiary/aromatic N) is 1. The van der Waals surface area contributed by atoms with Gasteiger partial charge in [-0.25, -0.2) is 0 Å². The van der Waals surface area contributed by atoms with Crippen LogP contribution in [0.25, 0.3) is 0 Å². The molecule has 78 valence electrons. The van der Waals surface area contributed by atoms with Gasteiger partial charge < -0.3 is 10.2 Å². The van der Waals surface area contributed by atoms with E-state index in [0.29, 0.717) is 0 Å². The molecule has 2 nitrogen and oxygen atoms in total. The summed E-state index contributed by atoms with van der Waals surface area (Å²) < 4.78 is 0.822. The van der Waals surface area contributed by atoms with E-state index in [4.69, 9.17) is 23.8 Å². The van der Waals surface area contributed by atoms with E-state index in [9.17, 15) is 0 Å². The fraction of sp³-hybridized carbons (Fsp3) is 0.444. The maximum atomic E-state index is 5.84. The molecule has 0 bridgehead atoms. The number of halogens is 1. The number of nitrogens with one attached hydrogen (secondary N) is 1. The minimum Gasteiger partial charge on any atom is -0.363 e. The quantitative estimate of drug-likeness (QED) is 0.829. The van der Waals surface area contributed by atoms with Crippen LogP contribution in [0.15, 0.2) is 12.1 Å². The molecular weight excluding hydrogens is 236 g/mol. The lowest BCUT2D eigenvalue weighted by atomic mass is 10.4. The minimum absolute atomic E-state index is 0.775. The lowest BCUT2D eigenvalue weighted by Gasteiger charge is -2.19. The number of thiophene rings is 1. The highest BCUT2D eigenvalue weighted by Gasteiger charge is 2.05. The summed E-state index contributed by atoms with van der Waals surface area (Å²) in [7, 11) is 1.97. The first kappa shape index (κ1) is 11.8. The Labute approximate surface area is 98.9 Å². The van der Waals surface area contributed by atoms with E-state index in [-0.39, 0.29) is 0 Å². The van der Waals surface area contributed by atoms with E-state index in [0.717, 1.165) is 22.5 Å². The van der Waals surface area contributed by atoms with Gasteiger partial charge in [-0.1, -0.05) is 11.6 Å². The molecule has 0 atom stereocenters. The number of thiocarbonyl (C=S) groups is 1. The molecule has 0 aliphatic carbocycles. The lowest BCUT2D eigenvalue weighted by molar-refractivity contribution is 0.496. The van der Waals surface area contributed by atoms with Crippen LogP contribution in [0.1, 0.15) is 11.8 Å². The first-order valence-corrected chi connectivity index (χ1v) is 5.97. The van der Waals surface area contributed by atoms with Gasteiger partial charge in [0.15, 0.2) is 5.11 Å². The van der Waals surface area contributed by atoms with Crippen molar-refractivity contribution in [2.75, 3.05) is 13.6 Å². The van der Waals surface area contributed by atoms with Gasteiger partial charge >= 0.3 is 0 Å². The van der Waals surface area contributed by atoms with Crippen molar-refractivity contribution in [3.63, 3.8) is 0 Å². The molecule has 0 aromatic carbocycles. The van der Waals surface area contributed by atoms with Gasteiger partial charge in [0.1, 0.15) is 0 Å². The highest BCUT2D eigenvalue weighted by molar-refractivity contribution is 7.80. The Balaban J connectivity index is 2.48. The molecule has 0 aliphatic heterocycles. The van der Waals surface area contributed by atoms with Crippen molar-refractivity contribution in [1.29, 1.82) is 0 Å². The molecule has 0 aliphatic rings. The van der Waals surface area contributed by atoms with Gasteiger partial charge in [0, 0.05) is 18.5 Å². The SMILES string of the molecule is CCNC(=S)N(C)Cc1ccc(Cl)s1. The van der Waals surface area contributed by atoms with Crippen LogP contribution < -0.4 is 5.32 Å². The Hall–Kier alpha value is -0.320. The third-order valence-electron chi connectivity index (χ3n) is 1.70. The molecule has 1 heterocycles. The summed E-state index contributed by atoms with van der Waals surface area (Å²) in [6.45, 7) is 3.69. The summed E-state index contributed by atoms with van der Waals surface area (Å²) >= 11 is 12.6. The fourth-order valence-electron chi connectivity index (χ4n) is 1.03. The first-order valence-electron chi connectivity index (χ1n) is 4.36. The summed E-state index contributed by atoms with van der Waals surface area (Å²) in [6, 6.07) is 3.93. The normalized spacial score (nSPS) is 9.93. The van der Waals surface area contributed by atoms with Gasteiger partial charge in [-0.2, -0.15) is 0 Å². The van der Waals surface area contributed by atoms with E-state index in [1.165, 1.54) is 4.88 Å². The van der Waals surface area contributed by atoms with E-state index >= 15 is 0 Å². The molecular formula is C9H13ClN2S2. The third kappa shape index (κ3) is 3.44. The molecule has 1 aromatic rings. The molecule has 0 unspecified atom stereocenters. The predicted molar refractivity (Wildman–Crippen MR) is 67.1 cm³/mol. The van der Waals surface area contributed by atoms with Crippen LogP contribution in [-0.4, -0.2) is 23.6 Å². The van der Waals surface area contributed by atoms with Crippen molar-refractivity contribution in [3.05, 3.63) is 21.3 Å². The molecule has 0 radical (unpaired) electrons. The molecule has 1 aromatic heterocycles. The first-order chi connectivity index (χ1) is 6.63. The molecule has 0 fully saturated rings. The average Bonchev–Trinajstić information content (AvgIpc) is 2.51. The van der Waals surface area contributed by atoms with Crippen molar-refractivity contribution >= 4 is 40.3 Å². The van der Waals surface area contributed by atoms with Crippen molar-refractivity contribution in [3.8, 4) is 0 Å². The Morgan fingerprint density at radius 3 is 2.86 bits per heavy atom. The van der Waals surface area contributed by atoms with Gasteiger partial charge in [-0.15, -0.1) is 11.3 Å². The summed E-state index contributed by atoms with van der Waals surface area (Å²) in [5.74, 6) is 0. The molecule has 1 N–H and O–H groups in total. The average molecular weight is 249 g/mol. The van der Waals surface area contributed by atoms with Gasteiger partial charge in [0.2, 0.25) is 0 Å². The second-order valence-electron chi connectivity index (χ2n) is 2.90. The van der Waals surface area contributed by atoms with Crippen LogP contribution in [0.5, 0.6) is 0 Å². The molecule has 0 saturated carbocycles. The zero-order valence-corrected chi connectivity index (χ0v) is 10.6. The number of rotatable bonds is 3. The van der Waals surface area contributed by atoms with Crippen LogP contribution in [-0.2, 0) is 6.54 Å². The summed E-state index contributed by atoms with van der Waals surface area (Å²) in [5.41, 5.74) is 0. The van der Waals surface area contributed by atoms with E-state index in [2.05, 4.69) is 5.32 Å². The minimum atomic E-state index is 0.775. The molecule has 5 heteroatoms. The molecule has 14 heavy (non-hydrogen) atoms. The standard InChI is InChI=1S/C9H13ClN2S2/c1-3-11-9(13)12(2)6-7-4-5-8(10)14-7/h4-5H,3,6H2,1-2H3,(H,11,13). The Morgan fingerprint density at radius 1 is 1.64 bits per heavy atom. The van der Waals surface area contributed by atoms with Crippen molar-refractivity contribution in [1.82, 2.24) is 10.2 Å². The molecule has 0 spiro atoms. The van der Waals surface area contributed by atoms with Crippen molar-refractivity contribution < 1.29 is 0 Å². The largest absolute Gasteiger partial charge is 0.363 e. The van der Waals surface area contributed by atoms with Gasteiger partial charge in [-0.3, -0.25) is 0 Å². The summed E-state index contributed by atoms with van der Waals surface area (Å²) in [5, 5.41) is 3.88. The van der Waals surface area contributed by atoms with Crippen LogP contribution >= 0.6 is 35.2 Å². The molecule has 0 saturated heterocycles. The van der Waals surface area contributed by atoms with Crippen molar-refractivity contribution in [2.45, 2.75) is 13.5 Å². The maximum absolute atomic E-state index is 5.84. The number of hydrogen-bond acceptors (Lipinski definition) is 2. The smallest absolute Gasteiger partial charge is 0.168 e. The Kier molecular flexibility index (Phi) is 4.65. The topological polar surface area (TPSA) is 15.3 Å². The fourth-order valence-corrected chi connectivity index (χ4v) is 2.38. The van der Waals surface area contributed by atoms with Gasteiger partial charge in [0.05, 0.1) is 10.9 Å². The zero-order valence-electron chi connectivity index (χ0n) is 8.21. The molecule has 0 amide bonds. The molecule has 1 rings (SSSR count). The third-order valence-corrected chi connectivity index (χ3v) is 3.37. The van der Waals surface area contributed by atoms with Crippen LogP contribution in [0.2, 0.25) is 4.34 Å². The lowest BCUT2D eigenvalue weighted by Crippen LogP contribution is -2.36. The van der Waals surface area contributed by atoms with Crippen LogP contribution in [0, 0.1) is 0 Å².